The van der Waals surface area contributed by atoms with Gasteiger partial charge in [0.2, 0.25) is 10.0 Å². The van der Waals surface area contributed by atoms with E-state index in [4.69, 9.17) is 9.47 Å². The van der Waals surface area contributed by atoms with Gasteiger partial charge in [-0.1, -0.05) is 42.5 Å². The summed E-state index contributed by atoms with van der Waals surface area (Å²) in [4.78, 5) is 0. The van der Waals surface area contributed by atoms with Gasteiger partial charge in [0.05, 0.1) is 36.8 Å². The third-order valence-electron chi connectivity index (χ3n) is 5.47. The Morgan fingerprint density at radius 3 is 2.71 bits per heavy atom. The summed E-state index contributed by atoms with van der Waals surface area (Å²) in [7, 11) is -2.19. The lowest BCUT2D eigenvalue weighted by Gasteiger charge is -2.34. The third kappa shape index (κ3) is 4.16. The van der Waals surface area contributed by atoms with E-state index < -0.39 is 34.0 Å². The first-order chi connectivity index (χ1) is 14.8. The summed E-state index contributed by atoms with van der Waals surface area (Å²) in [6.07, 6.45) is 3.23. The normalized spacial score (nSPS) is 20.3. The molecule has 1 aliphatic rings. The Labute approximate surface area is 180 Å². The molecule has 0 saturated carbocycles. The molecule has 3 aromatic rings. The third-order valence-corrected chi connectivity index (χ3v) is 6.55. The molecular weight excluding hydrogens is 421 g/mol. The summed E-state index contributed by atoms with van der Waals surface area (Å²) in [5.74, 6) is -0.978. The monoisotopic (exact) mass is 445 g/mol. The molecule has 4 rings (SSSR count). The van der Waals surface area contributed by atoms with Gasteiger partial charge in [0.25, 0.3) is 0 Å². The van der Waals surface area contributed by atoms with Gasteiger partial charge in [0, 0.05) is 18.4 Å². The van der Waals surface area contributed by atoms with Crippen LogP contribution in [-0.4, -0.2) is 49.7 Å². The number of rotatable bonds is 6. The molecule has 0 bridgehead atoms. The first-order valence-electron chi connectivity index (χ1n) is 9.86. The van der Waals surface area contributed by atoms with Gasteiger partial charge in [0.15, 0.2) is 0 Å². The zero-order chi connectivity index (χ0) is 22.2. The summed E-state index contributed by atoms with van der Waals surface area (Å²) >= 11 is 0. The molecular formula is C23H24FNO5S. The van der Waals surface area contributed by atoms with Gasteiger partial charge in [-0.25, -0.2) is 16.8 Å². The summed E-state index contributed by atoms with van der Waals surface area (Å²) in [6.45, 7) is 0.0224. The Balaban J connectivity index is 1.95. The van der Waals surface area contributed by atoms with Crippen LogP contribution in [0.25, 0.3) is 17.0 Å². The molecule has 0 unspecified atom stereocenters. The van der Waals surface area contributed by atoms with Crippen LogP contribution in [-0.2, 0) is 26.1 Å². The van der Waals surface area contributed by atoms with Gasteiger partial charge in [-0.2, -0.15) is 0 Å². The van der Waals surface area contributed by atoms with E-state index in [0.29, 0.717) is 22.2 Å². The first kappa shape index (κ1) is 21.7. The van der Waals surface area contributed by atoms with E-state index in [2.05, 4.69) is 0 Å². The molecule has 2 aromatic carbocycles. The van der Waals surface area contributed by atoms with Gasteiger partial charge in [-0.05, 0) is 29.3 Å². The van der Waals surface area contributed by atoms with E-state index in [1.807, 2.05) is 42.5 Å². The Morgan fingerprint density at radius 1 is 1.29 bits per heavy atom. The molecule has 1 aromatic heterocycles. The quantitative estimate of drug-likeness (QED) is 0.630. The standard InChI is InChI=1S/C23H24FNO5S/c1-29-14-21(26)23-17(10-8-15-6-4-3-5-7-15)22-18-12-16(24)9-11-19(18)25(31(2,27)28)20(22)13-30-23/h3-12,17,21,23,26H,13-14H2,1-2H3/b10-8+/t17-,21+,23-/m0/s1. The number of methoxy groups -OCH3 is 1. The second-order valence-electron chi connectivity index (χ2n) is 7.64. The number of halogens is 1. The fourth-order valence-corrected chi connectivity index (χ4v) is 5.31. The highest BCUT2D eigenvalue weighted by Gasteiger charge is 2.39. The zero-order valence-electron chi connectivity index (χ0n) is 17.2. The zero-order valence-corrected chi connectivity index (χ0v) is 18.0. The van der Waals surface area contributed by atoms with Crippen molar-refractivity contribution in [1.82, 2.24) is 3.97 Å². The number of hydrogen-bond acceptors (Lipinski definition) is 5. The predicted molar refractivity (Wildman–Crippen MR) is 117 cm³/mol. The number of aliphatic hydroxyl groups excluding tert-OH is 1. The second-order valence-corrected chi connectivity index (χ2v) is 9.47. The minimum absolute atomic E-state index is 0.0280. The van der Waals surface area contributed by atoms with E-state index in [0.717, 1.165) is 11.8 Å². The molecule has 0 saturated heterocycles. The van der Waals surface area contributed by atoms with Crippen molar-refractivity contribution in [2.45, 2.75) is 24.7 Å². The van der Waals surface area contributed by atoms with Crippen molar-refractivity contribution in [2.24, 2.45) is 0 Å². The van der Waals surface area contributed by atoms with E-state index in [1.165, 1.54) is 29.3 Å². The Morgan fingerprint density at radius 2 is 2.03 bits per heavy atom. The maximum atomic E-state index is 14.2. The summed E-state index contributed by atoms with van der Waals surface area (Å²) in [5.41, 5.74) is 2.40. The van der Waals surface area contributed by atoms with Gasteiger partial charge < -0.3 is 14.6 Å². The fourth-order valence-electron chi connectivity index (χ4n) is 4.24. The highest BCUT2D eigenvalue weighted by atomic mass is 32.2. The maximum absolute atomic E-state index is 14.2. The molecule has 3 atom stereocenters. The molecule has 0 spiro atoms. The van der Waals surface area contributed by atoms with Crippen molar-refractivity contribution in [3.8, 4) is 0 Å². The smallest absolute Gasteiger partial charge is 0.236 e. The Hall–Kier alpha value is -2.52. The van der Waals surface area contributed by atoms with Crippen LogP contribution in [0.4, 0.5) is 4.39 Å². The van der Waals surface area contributed by atoms with Crippen LogP contribution in [0, 0.1) is 5.82 Å². The van der Waals surface area contributed by atoms with Gasteiger partial charge >= 0.3 is 0 Å². The highest BCUT2D eigenvalue weighted by Crippen LogP contribution is 2.42. The topological polar surface area (TPSA) is 77.8 Å². The van der Waals surface area contributed by atoms with Gasteiger partial charge in [-0.3, -0.25) is 0 Å². The average Bonchev–Trinajstić information content (AvgIpc) is 3.07. The van der Waals surface area contributed by atoms with E-state index in [-0.39, 0.29) is 13.2 Å². The summed E-state index contributed by atoms with van der Waals surface area (Å²) < 4.78 is 51.6. The molecule has 31 heavy (non-hydrogen) atoms. The molecule has 1 aliphatic heterocycles. The van der Waals surface area contributed by atoms with Crippen LogP contribution >= 0.6 is 0 Å². The molecule has 0 fully saturated rings. The Bertz CT molecular complexity index is 1220. The SMILES string of the molecule is COC[C@@H](O)[C@H]1OCc2c(c3cc(F)ccc3n2S(C)(=O)=O)[C@@H]1/C=C/c1ccccc1. The fraction of sp³-hybridized carbons (Fsp3) is 0.304. The minimum atomic E-state index is -3.68. The molecule has 8 heteroatoms. The van der Waals surface area contributed by atoms with Crippen molar-refractivity contribution >= 4 is 27.0 Å². The highest BCUT2D eigenvalue weighted by molar-refractivity contribution is 7.89. The summed E-state index contributed by atoms with van der Waals surface area (Å²) in [6, 6.07) is 13.6. The van der Waals surface area contributed by atoms with Crippen molar-refractivity contribution in [2.75, 3.05) is 20.0 Å². The van der Waals surface area contributed by atoms with Crippen molar-refractivity contribution < 1.29 is 27.4 Å². The number of aliphatic hydroxyl groups is 1. The van der Waals surface area contributed by atoms with E-state index in [1.54, 1.807) is 0 Å². The van der Waals surface area contributed by atoms with E-state index in [9.17, 15) is 17.9 Å². The van der Waals surface area contributed by atoms with Gasteiger partial charge in [0.1, 0.15) is 11.9 Å². The number of hydrogen-bond donors (Lipinski definition) is 1. The molecule has 6 nitrogen and oxygen atoms in total. The van der Waals surface area contributed by atoms with Gasteiger partial charge in [-0.15, -0.1) is 0 Å². The van der Waals surface area contributed by atoms with Crippen LogP contribution < -0.4 is 0 Å². The minimum Gasteiger partial charge on any atom is -0.388 e. The van der Waals surface area contributed by atoms with Crippen LogP contribution in [0.2, 0.25) is 0 Å². The molecule has 0 aliphatic carbocycles. The van der Waals surface area contributed by atoms with E-state index >= 15 is 0 Å². The van der Waals surface area contributed by atoms with Crippen LogP contribution in [0.15, 0.2) is 54.6 Å². The summed E-state index contributed by atoms with van der Waals surface area (Å²) in [5, 5.41) is 11.2. The molecule has 0 radical (unpaired) electrons. The van der Waals surface area contributed by atoms with Crippen LogP contribution in [0.3, 0.4) is 0 Å². The molecule has 0 amide bonds. The largest absolute Gasteiger partial charge is 0.388 e. The lowest BCUT2D eigenvalue weighted by molar-refractivity contribution is -0.0851. The average molecular weight is 446 g/mol. The number of ether oxygens (including phenoxy) is 2. The van der Waals surface area contributed by atoms with Crippen molar-refractivity contribution in [3.63, 3.8) is 0 Å². The first-order valence-corrected chi connectivity index (χ1v) is 11.7. The lowest BCUT2D eigenvalue weighted by Crippen LogP contribution is -2.40. The number of fused-ring (bicyclic) bond motifs is 3. The number of benzene rings is 2. The Kier molecular flexibility index (Phi) is 5.98. The second kappa shape index (κ2) is 8.55. The van der Waals surface area contributed by atoms with Crippen LogP contribution in [0.1, 0.15) is 22.7 Å². The molecule has 1 N–H and O–H groups in total. The number of nitrogens with zero attached hydrogens (tertiary/aromatic N) is 1. The molecule has 164 valence electrons. The van der Waals surface area contributed by atoms with Crippen molar-refractivity contribution in [3.05, 3.63) is 77.2 Å². The van der Waals surface area contributed by atoms with Crippen molar-refractivity contribution in [1.29, 1.82) is 0 Å². The van der Waals surface area contributed by atoms with Crippen LogP contribution in [0.5, 0.6) is 0 Å². The maximum Gasteiger partial charge on any atom is 0.236 e. The predicted octanol–water partition coefficient (Wildman–Crippen LogP) is 3.29. The number of aromatic nitrogens is 1. The lowest BCUT2D eigenvalue weighted by atomic mass is 9.85. The molecule has 2 heterocycles.